The van der Waals surface area contributed by atoms with Gasteiger partial charge < -0.3 is 14.5 Å². The van der Waals surface area contributed by atoms with Crippen molar-refractivity contribution in [1.29, 1.82) is 0 Å². The van der Waals surface area contributed by atoms with Crippen molar-refractivity contribution >= 4 is 28.8 Å². The van der Waals surface area contributed by atoms with E-state index in [9.17, 15) is 4.79 Å². The van der Waals surface area contributed by atoms with E-state index in [1.54, 1.807) is 36.7 Å². The molecule has 0 saturated heterocycles. The number of nitrogens with zero attached hydrogens (tertiary/aromatic N) is 6. The smallest absolute Gasteiger partial charge is 0.252 e. The van der Waals surface area contributed by atoms with Crippen molar-refractivity contribution in [3.63, 3.8) is 0 Å². The van der Waals surface area contributed by atoms with Gasteiger partial charge in [-0.1, -0.05) is 11.8 Å². The first-order chi connectivity index (χ1) is 10.6. The molecule has 22 heavy (non-hydrogen) atoms. The molecule has 9 heteroatoms. The maximum Gasteiger partial charge on any atom is 0.252 e. The van der Waals surface area contributed by atoms with Crippen LogP contribution in [0.5, 0.6) is 0 Å². The zero-order valence-electron chi connectivity index (χ0n) is 12.2. The van der Waals surface area contributed by atoms with Crippen LogP contribution in [0.25, 0.3) is 11.2 Å². The van der Waals surface area contributed by atoms with Crippen LogP contribution in [0.4, 0.5) is 0 Å². The number of rotatable bonds is 5. The van der Waals surface area contributed by atoms with Crippen LogP contribution < -0.4 is 5.32 Å². The number of fused-ring (bicyclic) bond motifs is 1. The van der Waals surface area contributed by atoms with E-state index in [-0.39, 0.29) is 5.91 Å². The number of nitrogens with one attached hydrogen (secondary N) is 1. The summed E-state index contributed by atoms with van der Waals surface area (Å²) in [7, 11) is 3.75. The first-order valence-electron chi connectivity index (χ1n) is 6.67. The normalized spacial score (nSPS) is 11.0. The van der Waals surface area contributed by atoms with Gasteiger partial charge in [-0.3, -0.25) is 4.79 Å². The number of imidazole rings is 1. The fourth-order valence-electron chi connectivity index (χ4n) is 1.95. The van der Waals surface area contributed by atoms with E-state index < -0.39 is 0 Å². The molecule has 0 unspecified atom stereocenters. The summed E-state index contributed by atoms with van der Waals surface area (Å²) >= 11 is 1.54. The largest absolute Gasteiger partial charge is 0.351 e. The van der Waals surface area contributed by atoms with Crippen LogP contribution in [0.2, 0.25) is 0 Å². The summed E-state index contributed by atoms with van der Waals surface area (Å²) in [4.78, 5) is 20.5. The highest BCUT2D eigenvalue weighted by Crippen LogP contribution is 2.13. The molecular weight excluding hydrogens is 302 g/mol. The molecule has 3 aromatic rings. The molecule has 0 radical (unpaired) electrons. The fraction of sp³-hybridized carbons (Fsp3) is 0.308. The molecule has 114 valence electrons. The van der Waals surface area contributed by atoms with Crippen molar-refractivity contribution < 1.29 is 4.79 Å². The van der Waals surface area contributed by atoms with E-state index >= 15 is 0 Å². The number of aromatic nitrogens is 6. The van der Waals surface area contributed by atoms with E-state index in [2.05, 4.69) is 25.5 Å². The molecule has 0 aromatic carbocycles. The van der Waals surface area contributed by atoms with Gasteiger partial charge in [0.05, 0.1) is 11.9 Å². The minimum absolute atomic E-state index is 0.154. The van der Waals surface area contributed by atoms with Gasteiger partial charge in [-0.2, -0.15) is 0 Å². The lowest BCUT2D eigenvalue weighted by Crippen LogP contribution is -2.25. The maximum atomic E-state index is 12.1. The van der Waals surface area contributed by atoms with E-state index in [1.807, 2.05) is 23.2 Å². The second kappa shape index (κ2) is 6.14. The predicted molar refractivity (Wildman–Crippen MR) is 82.6 cm³/mol. The molecule has 8 nitrogen and oxygen atoms in total. The summed E-state index contributed by atoms with van der Waals surface area (Å²) in [5.74, 6) is 0.566. The van der Waals surface area contributed by atoms with Gasteiger partial charge in [-0.15, -0.1) is 10.2 Å². The lowest BCUT2D eigenvalue weighted by molar-refractivity contribution is 0.0956. The molecule has 0 bridgehead atoms. The molecule has 0 fully saturated rings. The van der Waals surface area contributed by atoms with E-state index in [4.69, 9.17) is 0 Å². The summed E-state index contributed by atoms with van der Waals surface area (Å²) in [5.41, 5.74) is 1.98. The molecule has 0 atom stereocenters. The first kappa shape index (κ1) is 14.5. The zero-order valence-corrected chi connectivity index (χ0v) is 13.0. The molecule has 0 spiro atoms. The number of hydrogen-bond acceptors (Lipinski definition) is 6. The number of amides is 1. The number of pyridine rings is 1. The second-order valence-electron chi connectivity index (χ2n) is 4.75. The van der Waals surface area contributed by atoms with Crippen LogP contribution in [-0.4, -0.2) is 47.5 Å². The Kier molecular flexibility index (Phi) is 4.05. The molecule has 3 aromatic heterocycles. The monoisotopic (exact) mass is 317 g/mol. The SMILES string of the molecule is Cn1cnnc1SCCNC(=O)c1cnc2c(c1)ncn2C. The van der Waals surface area contributed by atoms with Crippen LogP contribution >= 0.6 is 11.8 Å². The van der Waals surface area contributed by atoms with Crippen molar-refractivity contribution in [2.45, 2.75) is 5.16 Å². The minimum Gasteiger partial charge on any atom is -0.351 e. The van der Waals surface area contributed by atoms with Crippen LogP contribution in [0, 0.1) is 0 Å². The van der Waals surface area contributed by atoms with Gasteiger partial charge in [0.15, 0.2) is 10.8 Å². The Morgan fingerprint density at radius 3 is 2.91 bits per heavy atom. The number of aryl methyl sites for hydroxylation is 2. The average molecular weight is 317 g/mol. The number of carbonyl (C=O) groups is 1. The predicted octanol–water partition coefficient (Wildman–Crippen LogP) is 0.619. The molecule has 1 amide bonds. The van der Waals surface area contributed by atoms with Gasteiger partial charge in [-0.25, -0.2) is 9.97 Å². The highest BCUT2D eigenvalue weighted by Gasteiger charge is 2.09. The molecule has 0 saturated carbocycles. The highest BCUT2D eigenvalue weighted by atomic mass is 32.2. The van der Waals surface area contributed by atoms with Crippen LogP contribution in [0.15, 0.2) is 30.1 Å². The molecule has 0 aliphatic carbocycles. The fourth-order valence-corrected chi connectivity index (χ4v) is 2.69. The number of thioether (sulfide) groups is 1. The molecule has 0 aliphatic rings. The van der Waals surface area contributed by atoms with Gasteiger partial charge in [-0.05, 0) is 6.07 Å². The first-order valence-corrected chi connectivity index (χ1v) is 7.66. The van der Waals surface area contributed by atoms with Crippen LogP contribution in [0.1, 0.15) is 10.4 Å². The van der Waals surface area contributed by atoms with Gasteiger partial charge in [0.1, 0.15) is 11.8 Å². The lowest BCUT2D eigenvalue weighted by Gasteiger charge is -2.05. The molecule has 0 aliphatic heterocycles. The lowest BCUT2D eigenvalue weighted by atomic mass is 10.2. The third kappa shape index (κ3) is 2.93. The third-order valence-corrected chi connectivity index (χ3v) is 4.14. The zero-order chi connectivity index (χ0) is 15.5. The summed E-state index contributed by atoms with van der Waals surface area (Å²) < 4.78 is 3.65. The topological polar surface area (TPSA) is 90.5 Å². The quantitative estimate of drug-likeness (QED) is 0.548. The standard InChI is InChI=1S/C13H15N7OS/c1-19-7-16-10-5-9(6-15-11(10)19)12(21)14-3-4-22-13-18-17-8-20(13)2/h5-8H,3-4H2,1-2H3,(H,14,21). The minimum atomic E-state index is -0.154. The van der Waals surface area contributed by atoms with Gasteiger partial charge in [0, 0.05) is 32.6 Å². The molecule has 3 heterocycles. The number of carbonyl (C=O) groups excluding carboxylic acids is 1. The van der Waals surface area contributed by atoms with Gasteiger partial charge >= 0.3 is 0 Å². The second-order valence-corrected chi connectivity index (χ2v) is 5.81. The molecular formula is C13H15N7OS. The van der Waals surface area contributed by atoms with Crippen molar-refractivity contribution in [1.82, 2.24) is 34.6 Å². The Balaban J connectivity index is 1.55. The Morgan fingerprint density at radius 1 is 1.27 bits per heavy atom. The molecule has 3 rings (SSSR count). The third-order valence-electron chi connectivity index (χ3n) is 3.10. The van der Waals surface area contributed by atoms with E-state index in [1.165, 1.54) is 0 Å². The maximum absolute atomic E-state index is 12.1. The summed E-state index contributed by atoms with van der Waals surface area (Å²) in [6, 6.07) is 1.74. The summed E-state index contributed by atoms with van der Waals surface area (Å²) in [6.07, 6.45) is 4.89. The van der Waals surface area contributed by atoms with Crippen molar-refractivity contribution in [2.75, 3.05) is 12.3 Å². The Hall–Kier alpha value is -2.42. The van der Waals surface area contributed by atoms with Gasteiger partial charge in [0.2, 0.25) is 0 Å². The van der Waals surface area contributed by atoms with Crippen LogP contribution in [-0.2, 0) is 14.1 Å². The average Bonchev–Trinajstić information content (AvgIpc) is 3.09. The summed E-state index contributed by atoms with van der Waals surface area (Å²) in [5, 5.41) is 11.5. The van der Waals surface area contributed by atoms with Gasteiger partial charge in [0.25, 0.3) is 5.91 Å². The highest BCUT2D eigenvalue weighted by molar-refractivity contribution is 7.99. The Morgan fingerprint density at radius 2 is 2.14 bits per heavy atom. The molecule has 1 N–H and O–H groups in total. The van der Waals surface area contributed by atoms with E-state index in [0.717, 1.165) is 16.6 Å². The van der Waals surface area contributed by atoms with Crippen molar-refractivity contribution in [2.24, 2.45) is 14.1 Å². The van der Waals surface area contributed by atoms with Crippen molar-refractivity contribution in [3.05, 3.63) is 30.5 Å². The number of hydrogen-bond donors (Lipinski definition) is 1. The van der Waals surface area contributed by atoms with E-state index in [0.29, 0.717) is 17.6 Å². The summed E-state index contributed by atoms with van der Waals surface area (Å²) in [6.45, 7) is 0.538. The van der Waals surface area contributed by atoms with Crippen LogP contribution in [0.3, 0.4) is 0 Å². The van der Waals surface area contributed by atoms with Crippen molar-refractivity contribution in [3.8, 4) is 0 Å². The Labute approximate surface area is 131 Å². The Bertz CT molecular complexity index is 810.